The van der Waals surface area contributed by atoms with Crippen LogP contribution in [0.5, 0.6) is 11.5 Å². The number of benzene rings is 1. The molecule has 1 aromatic carbocycles. The number of aryl methyl sites for hydroxylation is 1. The number of hydrogen-bond acceptors (Lipinski definition) is 7. The predicted molar refractivity (Wildman–Crippen MR) is 122 cm³/mol. The van der Waals surface area contributed by atoms with Gasteiger partial charge in [-0.25, -0.2) is 0 Å². The van der Waals surface area contributed by atoms with Crippen LogP contribution in [0.1, 0.15) is 36.5 Å². The van der Waals surface area contributed by atoms with Gasteiger partial charge in [-0.2, -0.15) is 5.26 Å². The molecule has 8 nitrogen and oxygen atoms in total. The van der Waals surface area contributed by atoms with Crippen LogP contribution in [0.2, 0.25) is 0 Å². The lowest BCUT2D eigenvalue weighted by Crippen LogP contribution is -2.32. The van der Waals surface area contributed by atoms with Crippen molar-refractivity contribution < 1.29 is 9.84 Å². The summed E-state index contributed by atoms with van der Waals surface area (Å²) in [7, 11) is 1.47. The Morgan fingerprint density at radius 3 is 2.94 bits per heavy atom. The highest BCUT2D eigenvalue weighted by Gasteiger charge is 2.20. The molecule has 0 bridgehead atoms. The van der Waals surface area contributed by atoms with Gasteiger partial charge in [0.1, 0.15) is 22.1 Å². The van der Waals surface area contributed by atoms with Crippen molar-refractivity contribution in [3.8, 4) is 17.6 Å². The Kier molecular flexibility index (Phi) is 6.23. The van der Waals surface area contributed by atoms with Gasteiger partial charge in [0, 0.05) is 19.5 Å². The summed E-state index contributed by atoms with van der Waals surface area (Å²) in [5.74, 6) is 1.71. The second kappa shape index (κ2) is 9.24. The van der Waals surface area contributed by atoms with Gasteiger partial charge < -0.3 is 14.4 Å². The van der Waals surface area contributed by atoms with Crippen LogP contribution in [0.3, 0.4) is 0 Å². The molecule has 0 unspecified atom stereocenters. The molecule has 3 heterocycles. The number of methoxy groups -OCH3 is 1. The van der Waals surface area contributed by atoms with Gasteiger partial charge in [-0.15, -0.1) is 28.1 Å². The van der Waals surface area contributed by atoms with E-state index in [-0.39, 0.29) is 17.9 Å². The van der Waals surface area contributed by atoms with Crippen LogP contribution in [-0.4, -0.2) is 31.5 Å². The van der Waals surface area contributed by atoms with E-state index in [9.17, 15) is 15.2 Å². The van der Waals surface area contributed by atoms with E-state index in [2.05, 4.69) is 22.8 Å². The maximum absolute atomic E-state index is 13.2. The Hall–Kier alpha value is -3.64. The summed E-state index contributed by atoms with van der Waals surface area (Å²) in [5, 5.41) is 28.7. The Labute approximate surface area is 188 Å². The second-order valence-corrected chi connectivity index (χ2v) is 8.47. The van der Waals surface area contributed by atoms with Gasteiger partial charge in [0.05, 0.1) is 11.6 Å². The lowest BCUT2D eigenvalue weighted by atomic mass is 10.2. The molecule has 1 aliphatic heterocycles. The van der Waals surface area contributed by atoms with E-state index in [1.165, 1.54) is 29.1 Å². The summed E-state index contributed by atoms with van der Waals surface area (Å²) in [5.41, 5.74) is 0.740. The molecule has 1 aliphatic rings. The highest BCUT2D eigenvalue weighted by atomic mass is 32.1. The molecule has 4 rings (SSSR count). The number of rotatable bonds is 5. The number of phenolic OH excluding ortho intramolecular Hbond substituents is 1. The van der Waals surface area contributed by atoms with Crippen molar-refractivity contribution in [3.63, 3.8) is 0 Å². The van der Waals surface area contributed by atoms with Crippen molar-refractivity contribution >= 4 is 23.0 Å². The number of hydrogen-bond donors (Lipinski definition) is 1. The van der Waals surface area contributed by atoms with Crippen LogP contribution >= 0.6 is 11.3 Å². The number of aromatic nitrogens is 4. The van der Waals surface area contributed by atoms with Crippen molar-refractivity contribution in [1.82, 2.24) is 19.3 Å². The van der Waals surface area contributed by atoms with E-state index in [4.69, 9.17) is 4.74 Å². The number of ether oxygens (including phenoxy) is 1. The molecule has 2 aromatic heterocycles. The Bertz CT molecular complexity index is 1390. The highest BCUT2D eigenvalue weighted by Crippen LogP contribution is 2.26. The summed E-state index contributed by atoms with van der Waals surface area (Å²) < 4.78 is 9.56. The van der Waals surface area contributed by atoms with Crippen LogP contribution in [0.4, 0.5) is 0 Å². The standard InChI is InChI=1S/C23H23N5O3S/c1-3-10-28-22(30)19(13-15-8-9-18(31-2)17(29)12-15)32-23(28)16(14-24)21-26-25-20-7-5-4-6-11-27(20)21/h3,8-9,12-13,29H,1,4-7,10-11H2,2H3/b19-13+,23-16-. The zero-order valence-corrected chi connectivity index (χ0v) is 18.6. The lowest BCUT2D eigenvalue weighted by molar-refractivity contribution is 0.373. The molecule has 0 saturated carbocycles. The van der Waals surface area contributed by atoms with Crippen molar-refractivity contribution in [2.45, 2.75) is 38.8 Å². The molecule has 32 heavy (non-hydrogen) atoms. The minimum absolute atomic E-state index is 0.0140. The van der Waals surface area contributed by atoms with E-state index < -0.39 is 0 Å². The van der Waals surface area contributed by atoms with E-state index in [1.807, 2.05) is 4.57 Å². The third kappa shape index (κ3) is 3.97. The molecule has 0 aliphatic carbocycles. The van der Waals surface area contributed by atoms with E-state index in [0.717, 1.165) is 38.1 Å². The summed E-state index contributed by atoms with van der Waals surface area (Å²) in [6.07, 6.45) is 7.30. The predicted octanol–water partition coefficient (Wildman–Crippen LogP) is 1.68. The fourth-order valence-electron chi connectivity index (χ4n) is 3.81. The number of aromatic hydroxyl groups is 1. The molecule has 0 radical (unpaired) electrons. The van der Waals surface area contributed by atoms with Crippen LogP contribution in [0.25, 0.3) is 11.6 Å². The van der Waals surface area contributed by atoms with Gasteiger partial charge in [0.15, 0.2) is 17.3 Å². The highest BCUT2D eigenvalue weighted by molar-refractivity contribution is 7.07. The molecule has 0 amide bonds. The summed E-state index contributed by atoms with van der Waals surface area (Å²) in [4.78, 5) is 13.2. The van der Waals surface area contributed by atoms with Crippen LogP contribution in [-0.2, 0) is 19.5 Å². The third-order valence-electron chi connectivity index (χ3n) is 5.38. The first kappa shape index (κ1) is 21.6. The fraction of sp³-hybridized carbons (Fsp3) is 0.304. The molecule has 3 aromatic rings. The normalized spacial score (nSPS) is 14.9. The lowest BCUT2D eigenvalue weighted by Gasteiger charge is -2.06. The van der Waals surface area contributed by atoms with Gasteiger partial charge in [0.2, 0.25) is 0 Å². The average Bonchev–Trinajstić information content (AvgIpc) is 3.21. The van der Waals surface area contributed by atoms with E-state index in [0.29, 0.717) is 31.9 Å². The number of fused-ring (bicyclic) bond motifs is 1. The van der Waals surface area contributed by atoms with Gasteiger partial charge >= 0.3 is 0 Å². The number of nitriles is 1. The van der Waals surface area contributed by atoms with Crippen molar-refractivity contribution in [3.05, 3.63) is 67.6 Å². The molecular weight excluding hydrogens is 426 g/mol. The Morgan fingerprint density at radius 1 is 1.38 bits per heavy atom. The first-order valence-electron chi connectivity index (χ1n) is 10.3. The average molecular weight is 450 g/mol. The smallest absolute Gasteiger partial charge is 0.269 e. The maximum atomic E-state index is 13.2. The molecule has 0 atom stereocenters. The topological polar surface area (TPSA) is 106 Å². The Morgan fingerprint density at radius 2 is 2.22 bits per heavy atom. The summed E-state index contributed by atoms with van der Waals surface area (Å²) >= 11 is 1.22. The van der Waals surface area contributed by atoms with Crippen molar-refractivity contribution in [1.29, 1.82) is 5.26 Å². The molecule has 0 spiro atoms. The maximum Gasteiger partial charge on any atom is 0.269 e. The summed E-state index contributed by atoms with van der Waals surface area (Å²) in [6, 6.07) is 7.18. The number of allylic oxidation sites excluding steroid dienone is 1. The number of thiazole rings is 1. The minimum atomic E-state index is -0.233. The van der Waals surface area contributed by atoms with Crippen molar-refractivity contribution in [2.75, 3.05) is 7.11 Å². The zero-order valence-electron chi connectivity index (χ0n) is 17.7. The largest absolute Gasteiger partial charge is 0.504 e. The molecule has 0 saturated heterocycles. The van der Waals surface area contributed by atoms with Gasteiger partial charge in [-0.1, -0.05) is 18.6 Å². The minimum Gasteiger partial charge on any atom is -0.504 e. The Balaban J connectivity index is 1.95. The second-order valence-electron chi connectivity index (χ2n) is 7.44. The number of phenols is 1. The van der Waals surface area contributed by atoms with Crippen LogP contribution < -0.4 is 19.5 Å². The van der Waals surface area contributed by atoms with Crippen LogP contribution in [0, 0.1) is 11.3 Å². The first-order chi connectivity index (χ1) is 15.6. The molecule has 0 fully saturated rings. The molecular formula is C23H23N5O3S. The van der Waals surface area contributed by atoms with E-state index >= 15 is 0 Å². The van der Waals surface area contributed by atoms with Crippen molar-refractivity contribution in [2.24, 2.45) is 0 Å². The van der Waals surface area contributed by atoms with Gasteiger partial charge in [0.25, 0.3) is 5.56 Å². The fourth-order valence-corrected chi connectivity index (χ4v) is 4.92. The monoisotopic (exact) mass is 449 g/mol. The molecule has 9 heteroatoms. The zero-order chi connectivity index (χ0) is 22.7. The van der Waals surface area contributed by atoms with Gasteiger partial charge in [-0.3, -0.25) is 9.36 Å². The SMILES string of the molecule is C=CCn1c(=O)/c(=C\c2ccc(OC)c(O)c2)s/c1=C(/C#N)c1nnc2n1CCCCC2. The van der Waals surface area contributed by atoms with Gasteiger partial charge in [-0.05, 0) is 36.6 Å². The third-order valence-corrected chi connectivity index (χ3v) is 6.51. The first-order valence-corrected chi connectivity index (χ1v) is 11.1. The summed E-state index contributed by atoms with van der Waals surface area (Å²) in [6.45, 7) is 4.77. The van der Waals surface area contributed by atoms with Crippen LogP contribution in [0.15, 0.2) is 35.6 Å². The quantitative estimate of drug-likeness (QED) is 0.594. The number of nitrogens with zero attached hydrogens (tertiary/aromatic N) is 5. The molecule has 1 N–H and O–H groups in total. The molecule has 164 valence electrons. The van der Waals surface area contributed by atoms with E-state index in [1.54, 1.807) is 24.3 Å².